The summed E-state index contributed by atoms with van der Waals surface area (Å²) in [5, 5.41) is 0. The largest absolute Gasteiger partial charge is 0.369 e. The van der Waals surface area contributed by atoms with E-state index in [1.165, 1.54) is 77.4 Å². The van der Waals surface area contributed by atoms with Crippen LogP contribution in [0.4, 0.5) is 0 Å². The van der Waals surface area contributed by atoms with Crippen molar-refractivity contribution in [2.24, 2.45) is 17.1 Å². The maximum absolute atomic E-state index is 11.1. The molecule has 0 bridgehead atoms. The van der Waals surface area contributed by atoms with Crippen LogP contribution < -0.4 is 5.73 Å². The molecule has 0 unspecified atom stereocenters. The summed E-state index contributed by atoms with van der Waals surface area (Å²) in [4.78, 5) is 16.1. The molecular formula is C18H33N3O. The van der Waals surface area contributed by atoms with E-state index in [1.54, 1.807) is 0 Å². The summed E-state index contributed by atoms with van der Waals surface area (Å²) in [5.74, 6) is 0.809. The Labute approximate surface area is 135 Å². The lowest BCUT2D eigenvalue weighted by Gasteiger charge is -2.41. The lowest BCUT2D eigenvalue weighted by molar-refractivity contribution is -0.119. The molecule has 0 aromatic heterocycles. The lowest BCUT2D eigenvalue weighted by Crippen LogP contribution is -2.46. The highest BCUT2D eigenvalue weighted by molar-refractivity contribution is 5.75. The minimum atomic E-state index is -0.179. The molecule has 0 aromatic carbocycles. The molecule has 126 valence electrons. The van der Waals surface area contributed by atoms with E-state index < -0.39 is 0 Å². The molecular weight excluding hydrogens is 274 g/mol. The Morgan fingerprint density at radius 3 is 2.55 bits per heavy atom. The Kier molecular flexibility index (Phi) is 5.40. The molecule has 3 fully saturated rings. The van der Waals surface area contributed by atoms with Crippen molar-refractivity contribution in [1.82, 2.24) is 9.80 Å². The summed E-state index contributed by atoms with van der Waals surface area (Å²) in [5.41, 5.74) is 5.80. The second-order valence-electron chi connectivity index (χ2n) is 8.10. The molecule has 3 rings (SSSR count). The molecule has 2 heterocycles. The third-order valence-corrected chi connectivity index (χ3v) is 6.22. The van der Waals surface area contributed by atoms with Gasteiger partial charge in [0.1, 0.15) is 0 Å². The normalized spacial score (nSPS) is 31.8. The third kappa shape index (κ3) is 4.23. The van der Waals surface area contributed by atoms with Crippen LogP contribution in [0, 0.1) is 11.3 Å². The van der Waals surface area contributed by atoms with E-state index in [0.717, 1.165) is 19.0 Å². The summed E-state index contributed by atoms with van der Waals surface area (Å²) in [6, 6.07) is 0. The number of nitrogens with zero attached hydrogens (tertiary/aromatic N) is 2. The summed E-state index contributed by atoms with van der Waals surface area (Å²) >= 11 is 0. The van der Waals surface area contributed by atoms with Crippen molar-refractivity contribution in [1.29, 1.82) is 0 Å². The van der Waals surface area contributed by atoms with Crippen LogP contribution in [-0.2, 0) is 4.79 Å². The van der Waals surface area contributed by atoms with Crippen molar-refractivity contribution in [3.8, 4) is 0 Å². The number of nitrogens with two attached hydrogens (primary N) is 1. The number of piperidine rings is 1. The minimum absolute atomic E-state index is 0.179. The molecule has 0 radical (unpaired) electrons. The van der Waals surface area contributed by atoms with Crippen LogP contribution in [-0.4, -0.2) is 55.0 Å². The van der Waals surface area contributed by atoms with Crippen LogP contribution in [0.25, 0.3) is 0 Å². The molecule has 2 saturated heterocycles. The number of rotatable bonds is 5. The van der Waals surface area contributed by atoms with Gasteiger partial charge in [0, 0.05) is 13.1 Å². The molecule has 0 aromatic rings. The zero-order chi connectivity index (χ0) is 15.4. The first-order valence-corrected chi connectivity index (χ1v) is 9.38. The van der Waals surface area contributed by atoms with E-state index in [9.17, 15) is 4.79 Å². The quantitative estimate of drug-likeness (QED) is 0.847. The fraction of sp³-hybridized carbons (Fsp3) is 0.944. The van der Waals surface area contributed by atoms with Crippen LogP contribution in [0.15, 0.2) is 0 Å². The average Bonchev–Trinajstić information content (AvgIpc) is 2.88. The number of carbonyl (C=O) groups excluding carboxylic acids is 1. The molecule has 1 atom stereocenters. The first-order chi connectivity index (χ1) is 10.7. The van der Waals surface area contributed by atoms with E-state index in [-0.39, 0.29) is 5.91 Å². The first kappa shape index (κ1) is 16.3. The minimum Gasteiger partial charge on any atom is -0.369 e. The maximum atomic E-state index is 11.1. The van der Waals surface area contributed by atoms with Gasteiger partial charge in [-0.3, -0.25) is 9.69 Å². The SMILES string of the molecule is NC(=O)CN1CC[C@]2(CCCN(CCC3CCCCC3)C2)C1. The number of carbonyl (C=O) groups is 1. The lowest BCUT2D eigenvalue weighted by atomic mass is 9.79. The van der Waals surface area contributed by atoms with Crippen molar-refractivity contribution >= 4 is 5.91 Å². The van der Waals surface area contributed by atoms with Crippen molar-refractivity contribution in [2.45, 2.75) is 57.8 Å². The van der Waals surface area contributed by atoms with Crippen molar-refractivity contribution < 1.29 is 4.79 Å². The molecule has 2 aliphatic heterocycles. The fourth-order valence-electron chi connectivity index (χ4n) is 5.06. The topological polar surface area (TPSA) is 49.6 Å². The number of hydrogen-bond donors (Lipinski definition) is 1. The molecule has 1 aliphatic carbocycles. The van der Waals surface area contributed by atoms with Crippen LogP contribution in [0.3, 0.4) is 0 Å². The van der Waals surface area contributed by atoms with Gasteiger partial charge < -0.3 is 10.6 Å². The van der Waals surface area contributed by atoms with Crippen molar-refractivity contribution in [2.75, 3.05) is 39.3 Å². The third-order valence-electron chi connectivity index (χ3n) is 6.22. The highest BCUT2D eigenvalue weighted by Crippen LogP contribution is 2.39. The van der Waals surface area contributed by atoms with Gasteiger partial charge >= 0.3 is 0 Å². The van der Waals surface area contributed by atoms with Gasteiger partial charge in [-0.1, -0.05) is 32.1 Å². The van der Waals surface area contributed by atoms with E-state index in [2.05, 4.69) is 9.80 Å². The van der Waals surface area contributed by atoms with Crippen LogP contribution in [0.1, 0.15) is 57.8 Å². The Balaban J connectivity index is 1.46. The molecule has 1 amide bonds. The fourth-order valence-corrected chi connectivity index (χ4v) is 5.06. The number of amides is 1. The standard InChI is InChI=1S/C18H33N3O/c19-17(22)13-21-12-9-18(15-21)8-4-10-20(14-18)11-7-16-5-2-1-3-6-16/h16H,1-15H2,(H2,19,22)/t18-/m0/s1. The molecule has 1 saturated carbocycles. The molecule has 1 spiro atoms. The first-order valence-electron chi connectivity index (χ1n) is 9.38. The second kappa shape index (κ2) is 7.31. The van der Waals surface area contributed by atoms with Gasteiger partial charge in [0.15, 0.2) is 0 Å². The zero-order valence-corrected chi connectivity index (χ0v) is 14.1. The van der Waals surface area contributed by atoms with Crippen molar-refractivity contribution in [3.63, 3.8) is 0 Å². The predicted molar refractivity (Wildman–Crippen MR) is 89.6 cm³/mol. The van der Waals surface area contributed by atoms with E-state index in [4.69, 9.17) is 5.73 Å². The smallest absolute Gasteiger partial charge is 0.231 e. The second-order valence-corrected chi connectivity index (χ2v) is 8.10. The summed E-state index contributed by atoms with van der Waals surface area (Å²) in [7, 11) is 0. The van der Waals surface area contributed by atoms with Gasteiger partial charge in [0.2, 0.25) is 5.91 Å². The van der Waals surface area contributed by atoms with E-state index in [1.807, 2.05) is 0 Å². The number of primary amides is 1. The monoisotopic (exact) mass is 307 g/mol. The van der Waals surface area contributed by atoms with Gasteiger partial charge in [0.05, 0.1) is 6.54 Å². The van der Waals surface area contributed by atoms with E-state index >= 15 is 0 Å². The highest BCUT2D eigenvalue weighted by Gasteiger charge is 2.41. The molecule has 4 nitrogen and oxygen atoms in total. The van der Waals surface area contributed by atoms with Gasteiger partial charge in [-0.25, -0.2) is 0 Å². The number of hydrogen-bond acceptors (Lipinski definition) is 3. The number of likely N-dealkylation sites (tertiary alicyclic amines) is 2. The summed E-state index contributed by atoms with van der Waals surface area (Å²) in [6.45, 7) is 6.40. The highest BCUT2D eigenvalue weighted by atomic mass is 16.1. The van der Waals surface area contributed by atoms with Gasteiger partial charge in [0.25, 0.3) is 0 Å². The maximum Gasteiger partial charge on any atom is 0.231 e. The molecule has 4 heteroatoms. The van der Waals surface area contributed by atoms with Gasteiger partial charge in [-0.15, -0.1) is 0 Å². The molecule has 22 heavy (non-hydrogen) atoms. The predicted octanol–water partition coefficient (Wildman–Crippen LogP) is 2.23. The Morgan fingerprint density at radius 1 is 1.00 bits per heavy atom. The Hall–Kier alpha value is -0.610. The van der Waals surface area contributed by atoms with Crippen LogP contribution in [0.5, 0.6) is 0 Å². The van der Waals surface area contributed by atoms with Crippen LogP contribution >= 0.6 is 0 Å². The van der Waals surface area contributed by atoms with Gasteiger partial charge in [-0.2, -0.15) is 0 Å². The van der Waals surface area contributed by atoms with Crippen LogP contribution in [0.2, 0.25) is 0 Å². The van der Waals surface area contributed by atoms with Gasteiger partial charge in [-0.05, 0) is 56.7 Å². The summed E-state index contributed by atoms with van der Waals surface area (Å²) in [6.07, 6.45) is 12.6. The average molecular weight is 307 g/mol. The summed E-state index contributed by atoms with van der Waals surface area (Å²) < 4.78 is 0. The molecule has 3 aliphatic rings. The van der Waals surface area contributed by atoms with E-state index in [0.29, 0.717) is 12.0 Å². The Morgan fingerprint density at radius 2 is 1.77 bits per heavy atom. The zero-order valence-electron chi connectivity index (χ0n) is 14.1. The molecule has 2 N–H and O–H groups in total. The van der Waals surface area contributed by atoms with Crippen molar-refractivity contribution in [3.05, 3.63) is 0 Å². The Bertz CT molecular complexity index is 381.